The van der Waals surface area contributed by atoms with Crippen LogP contribution >= 0.6 is 0 Å². The van der Waals surface area contributed by atoms with Crippen LogP contribution in [0.4, 0.5) is 0 Å². The highest BCUT2D eigenvalue weighted by Gasteiger charge is 2.27. The summed E-state index contributed by atoms with van der Waals surface area (Å²) >= 11 is 0. The van der Waals surface area contributed by atoms with Crippen LogP contribution in [-0.2, 0) is 9.59 Å². The van der Waals surface area contributed by atoms with Gasteiger partial charge in [-0.15, -0.1) is 0 Å². The Hall–Kier alpha value is -0.660. The average molecular weight is 296 g/mol. The van der Waals surface area contributed by atoms with Crippen molar-refractivity contribution in [2.45, 2.75) is 87.5 Å². The van der Waals surface area contributed by atoms with Crippen LogP contribution in [0.1, 0.15) is 87.5 Å². The topological polar surface area (TPSA) is 34.1 Å². The van der Waals surface area contributed by atoms with E-state index in [9.17, 15) is 9.59 Å². The molecule has 2 nitrogen and oxygen atoms in total. The van der Waals surface area contributed by atoms with Crippen LogP contribution in [0.2, 0.25) is 0 Å². The summed E-state index contributed by atoms with van der Waals surface area (Å²) in [5.74, 6) is 0.797. The lowest BCUT2D eigenvalue weighted by molar-refractivity contribution is -0.126. The molecule has 0 aliphatic carbocycles. The van der Waals surface area contributed by atoms with Gasteiger partial charge >= 0.3 is 0 Å². The second-order valence-electron chi connectivity index (χ2n) is 8.48. The Labute approximate surface area is 132 Å². The molecule has 0 aromatic carbocycles. The van der Waals surface area contributed by atoms with Crippen LogP contribution in [0.15, 0.2) is 0 Å². The minimum atomic E-state index is 0.0290. The Kier molecular flexibility index (Phi) is 7.84. The van der Waals surface area contributed by atoms with E-state index in [0.29, 0.717) is 12.2 Å². The molecule has 0 N–H and O–H groups in total. The Bertz CT molecular complexity index is 347. The first kappa shape index (κ1) is 20.3. The predicted molar refractivity (Wildman–Crippen MR) is 90.3 cm³/mol. The fourth-order valence-electron chi connectivity index (χ4n) is 2.48. The maximum absolute atomic E-state index is 12.2. The monoisotopic (exact) mass is 296 g/mol. The van der Waals surface area contributed by atoms with Gasteiger partial charge in [0.1, 0.15) is 11.6 Å². The standard InChI is InChI=1S/C19H36O2/c1-9-19(7,8)13-16(15(3)20)11-10-12-17(21)14(2)18(4,5)6/h14,16H,9-13H2,1-8H3/t14?,16-/m0/s1. The predicted octanol–water partition coefficient (Wildman–Crippen LogP) is 5.44. The molecule has 0 saturated carbocycles. The number of ketones is 2. The average Bonchev–Trinajstić information content (AvgIpc) is 2.35. The summed E-state index contributed by atoms with van der Waals surface area (Å²) in [6, 6.07) is 0. The molecule has 21 heavy (non-hydrogen) atoms. The van der Waals surface area contributed by atoms with Crippen molar-refractivity contribution in [3.63, 3.8) is 0 Å². The van der Waals surface area contributed by atoms with Crippen LogP contribution in [0.5, 0.6) is 0 Å². The highest BCUT2D eigenvalue weighted by atomic mass is 16.1. The fraction of sp³-hybridized carbons (Fsp3) is 0.895. The smallest absolute Gasteiger partial charge is 0.136 e. The van der Waals surface area contributed by atoms with Gasteiger partial charge in [0.05, 0.1) is 0 Å². The molecule has 0 aromatic rings. The molecule has 0 rings (SSSR count). The summed E-state index contributed by atoms with van der Waals surface area (Å²) in [6.07, 6.45) is 4.30. The molecule has 1 unspecified atom stereocenters. The van der Waals surface area contributed by atoms with Crippen molar-refractivity contribution < 1.29 is 9.59 Å². The van der Waals surface area contributed by atoms with E-state index in [1.165, 1.54) is 0 Å². The molecule has 0 fully saturated rings. The Balaban J connectivity index is 4.40. The van der Waals surface area contributed by atoms with Gasteiger partial charge < -0.3 is 0 Å². The first-order valence-corrected chi connectivity index (χ1v) is 8.44. The molecular weight excluding hydrogens is 260 g/mol. The van der Waals surface area contributed by atoms with Crippen LogP contribution in [0, 0.1) is 22.7 Å². The summed E-state index contributed by atoms with van der Waals surface area (Å²) in [6.45, 7) is 16.6. The van der Waals surface area contributed by atoms with Gasteiger partial charge in [-0.3, -0.25) is 9.59 Å². The number of hydrogen-bond acceptors (Lipinski definition) is 2. The van der Waals surface area contributed by atoms with Crippen LogP contribution in [0.3, 0.4) is 0 Å². The van der Waals surface area contributed by atoms with Gasteiger partial charge in [0, 0.05) is 18.3 Å². The zero-order valence-electron chi connectivity index (χ0n) is 15.5. The molecule has 0 aromatic heterocycles. The molecule has 0 aliphatic rings. The summed E-state index contributed by atoms with van der Waals surface area (Å²) in [5, 5.41) is 0. The van der Waals surface area contributed by atoms with Crippen molar-refractivity contribution in [2.75, 3.05) is 0 Å². The van der Waals surface area contributed by atoms with Crippen molar-refractivity contribution in [1.29, 1.82) is 0 Å². The second kappa shape index (κ2) is 8.10. The largest absolute Gasteiger partial charge is 0.300 e. The summed E-state index contributed by atoms with van der Waals surface area (Å²) < 4.78 is 0. The van der Waals surface area contributed by atoms with Crippen molar-refractivity contribution in [1.82, 2.24) is 0 Å². The summed E-state index contributed by atoms with van der Waals surface area (Å²) in [4.78, 5) is 24.0. The maximum atomic E-state index is 12.2. The van der Waals surface area contributed by atoms with Gasteiger partial charge in [0.15, 0.2) is 0 Å². The minimum Gasteiger partial charge on any atom is -0.300 e. The van der Waals surface area contributed by atoms with E-state index in [1.807, 2.05) is 6.92 Å². The molecule has 0 spiro atoms. The van der Waals surface area contributed by atoms with Gasteiger partial charge in [-0.05, 0) is 37.0 Å². The number of carbonyl (C=O) groups is 2. The molecular formula is C19H36O2. The SMILES string of the molecule is CCC(C)(C)C[C@H](CCCC(=O)C(C)C(C)(C)C)C(C)=O. The quantitative estimate of drug-likeness (QED) is 0.567. The van der Waals surface area contributed by atoms with Crippen molar-refractivity contribution in [3.05, 3.63) is 0 Å². The van der Waals surface area contributed by atoms with Gasteiger partial charge in [-0.2, -0.15) is 0 Å². The molecule has 0 aliphatic heterocycles. The van der Waals surface area contributed by atoms with Crippen molar-refractivity contribution in [2.24, 2.45) is 22.7 Å². The lowest BCUT2D eigenvalue weighted by Crippen LogP contribution is -2.26. The third-order valence-electron chi connectivity index (χ3n) is 5.09. The minimum absolute atomic E-state index is 0.0290. The third-order valence-corrected chi connectivity index (χ3v) is 5.09. The molecule has 0 radical (unpaired) electrons. The van der Waals surface area contributed by atoms with E-state index in [2.05, 4.69) is 41.5 Å². The van der Waals surface area contributed by atoms with E-state index in [-0.39, 0.29) is 28.4 Å². The molecule has 124 valence electrons. The van der Waals surface area contributed by atoms with Crippen LogP contribution in [-0.4, -0.2) is 11.6 Å². The first-order chi connectivity index (χ1) is 9.40. The molecule has 0 amide bonds. The molecule has 0 heterocycles. The number of hydrogen-bond donors (Lipinski definition) is 0. The van der Waals surface area contributed by atoms with E-state index in [0.717, 1.165) is 25.7 Å². The third kappa shape index (κ3) is 7.78. The second-order valence-corrected chi connectivity index (χ2v) is 8.48. The van der Waals surface area contributed by atoms with Gasteiger partial charge in [-0.1, -0.05) is 54.9 Å². The van der Waals surface area contributed by atoms with Gasteiger partial charge in [0.2, 0.25) is 0 Å². The maximum Gasteiger partial charge on any atom is 0.136 e. The van der Waals surface area contributed by atoms with Gasteiger partial charge in [-0.25, -0.2) is 0 Å². The molecule has 0 bridgehead atoms. The summed E-state index contributed by atoms with van der Waals surface area (Å²) in [7, 11) is 0. The van der Waals surface area contributed by atoms with Gasteiger partial charge in [0.25, 0.3) is 0 Å². The van der Waals surface area contributed by atoms with E-state index >= 15 is 0 Å². The molecule has 0 saturated heterocycles. The molecule has 2 atom stereocenters. The first-order valence-electron chi connectivity index (χ1n) is 8.44. The Morgan fingerprint density at radius 2 is 1.57 bits per heavy atom. The van der Waals surface area contributed by atoms with E-state index < -0.39 is 0 Å². The zero-order valence-corrected chi connectivity index (χ0v) is 15.5. The fourth-order valence-corrected chi connectivity index (χ4v) is 2.48. The highest BCUT2D eigenvalue weighted by Crippen LogP contribution is 2.32. The van der Waals surface area contributed by atoms with Crippen LogP contribution < -0.4 is 0 Å². The van der Waals surface area contributed by atoms with Crippen molar-refractivity contribution >= 4 is 11.6 Å². The van der Waals surface area contributed by atoms with Crippen LogP contribution in [0.25, 0.3) is 0 Å². The lowest BCUT2D eigenvalue weighted by Gasteiger charge is -2.28. The Morgan fingerprint density at radius 3 is 1.95 bits per heavy atom. The number of carbonyl (C=O) groups excluding carboxylic acids is 2. The number of Topliss-reactive ketones (excluding diaryl/α,β-unsaturated/α-hetero) is 2. The van der Waals surface area contributed by atoms with E-state index in [4.69, 9.17) is 0 Å². The van der Waals surface area contributed by atoms with Crippen molar-refractivity contribution in [3.8, 4) is 0 Å². The Morgan fingerprint density at radius 1 is 1.05 bits per heavy atom. The van der Waals surface area contributed by atoms with E-state index in [1.54, 1.807) is 6.92 Å². The molecule has 2 heteroatoms. The lowest BCUT2D eigenvalue weighted by atomic mass is 9.76. The zero-order chi connectivity index (χ0) is 16.8. The highest BCUT2D eigenvalue weighted by molar-refractivity contribution is 5.81. The summed E-state index contributed by atoms with van der Waals surface area (Å²) in [5.41, 5.74) is 0.236. The normalized spacial score (nSPS) is 15.6. The number of rotatable bonds is 9.